The number of benzene rings is 2. The maximum absolute atomic E-state index is 12.4. The van der Waals surface area contributed by atoms with Crippen molar-refractivity contribution in [1.82, 2.24) is 10.6 Å². The lowest BCUT2D eigenvalue weighted by Gasteiger charge is -2.23. The Morgan fingerprint density at radius 2 is 2.00 bits per heavy atom. The molecule has 2 N–H and O–H groups in total. The van der Waals surface area contributed by atoms with E-state index in [1.165, 1.54) is 29.7 Å². The van der Waals surface area contributed by atoms with E-state index in [9.17, 15) is 4.79 Å². The molecule has 1 saturated heterocycles. The number of hydrogen-bond donors (Lipinski definition) is 2. The van der Waals surface area contributed by atoms with E-state index in [0.717, 1.165) is 38.2 Å². The van der Waals surface area contributed by atoms with Crippen LogP contribution in [0.2, 0.25) is 0 Å². The number of para-hydroxylation sites is 1. The highest BCUT2D eigenvalue weighted by atomic mass is 16.1. The van der Waals surface area contributed by atoms with Crippen molar-refractivity contribution in [2.45, 2.75) is 25.2 Å². The summed E-state index contributed by atoms with van der Waals surface area (Å²) in [5.74, 6) is 0.599. The molecule has 1 amide bonds. The van der Waals surface area contributed by atoms with E-state index in [2.05, 4.69) is 51.9 Å². The lowest BCUT2D eigenvalue weighted by Crippen LogP contribution is -2.34. The molecule has 0 aliphatic carbocycles. The van der Waals surface area contributed by atoms with Gasteiger partial charge in [-0.3, -0.25) is 4.79 Å². The second kappa shape index (κ2) is 7.92. The van der Waals surface area contributed by atoms with Crippen LogP contribution in [0, 0.1) is 0 Å². The molecule has 2 heterocycles. The van der Waals surface area contributed by atoms with Gasteiger partial charge < -0.3 is 15.5 Å². The first-order valence-electron chi connectivity index (χ1n) is 9.73. The van der Waals surface area contributed by atoms with Gasteiger partial charge in [-0.05, 0) is 61.1 Å². The fourth-order valence-corrected chi connectivity index (χ4v) is 4.09. The molecule has 4 heteroatoms. The molecule has 4 rings (SSSR count). The summed E-state index contributed by atoms with van der Waals surface area (Å²) in [5, 5.41) is 6.51. The van der Waals surface area contributed by atoms with Crippen LogP contribution in [0.25, 0.3) is 0 Å². The van der Waals surface area contributed by atoms with E-state index in [-0.39, 0.29) is 5.91 Å². The van der Waals surface area contributed by atoms with Gasteiger partial charge in [0.15, 0.2) is 0 Å². The van der Waals surface area contributed by atoms with Crippen LogP contribution in [0.15, 0.2) is 48.5 Å². The van der Waals surface area contributed by atoms with Crippen LogP contribution in [-0.4, -0.2) is 38.6 Å². The first-order chi connectivity index (χ1) is 12.8. The molecular formula is C22H27N3O. The van der Waals surface area contributed by atoms with Crippen LogP contribution < -0.4 is 15.5 Å². The van der Waals surface area contributed by atoms with E-state index in [0.29, 0.717) is 12.5 Å². The lowest BCUT2D eigenvalue weighted by atomic mass is 9.91. The van der Waals surface area contributed by atoms with E-state index < -0.39 is 0 Å². The predicted octanol–water partition coefficient (Wildman–Crippen LogP) is 2.95. The number of fused-ring (bicyclic) bond motifs is 1. The molecule has 0 saturated carbocycles. The van der Waals surface area contributed by atoms with Gasteiger partial charge in [0.05, 0.1) is 0 Å². The summed E-state index contributed by atoms with van der Waals surface area (Å²) in [4.78, 5) is 14.8. The Bertz CT molecular complexity index is 750. The van der Waals surface area contributed by atoms with Crippen molar-refractivity contribution in [3.05, 3.63) is 65.2 Å². The second-order valence-electron chi connectivity index (χ2n) is 7.29. The number of hydrogen-bond acceptors (Lipinski definition) is 3. The zero-order valence-electron chi connectivity index (χ0n) is 15.2. The molecule has 2 aliphatic rings. The fourth-order valence-electron chi connectivity index (χ4n) is 4.09. The zero-order valence-corrected chi connectivity index (χ0v) is 15.2. The van der Waals surface area contributed by atoms with E-state index in [1.54, 1.807) is 0 Å². The SMILES string of the molecule is O=C(NCCN1CCc2ccccc21)c1ccc([C@@H]2CCCNC2)cc1. The largest absolute Gasteiger partial charge is 0.369 e. The fraction of sp³-hybridized carbons (Fsp3) is 0.409. The van der Waals surface area contributed by atoms with Gasteiger partial charge in [-0.2, -0.15) is 0 Å². The minimum absolute atomic E-state index is 0.0193. The summed E-state index contributed by atoms with van der Waals surface area (Å²) in [6.45, 7) is 4.73. The zero-order chi connectivity index (χ0) is 17.8. The van der Waals surface area contributed by atoms with Crippen molar-refractivity contribution in [3.8, 4) is 0 Å². The number of nitrogens with one attached hydrogen (secondary N) is 2. The summed E-state index contributed by atoms with van der Waals surface area (Å²) in [6, 6.07) is 16.7. The Morgan fingerprint density at radius 1 is 1.15 bits per heavy atom. The summed E-state index contributed by atoms with van der Waals surface area (Å²) in [5.41, 5.74) is 4.81. The summed E-state index contributed by atoms with van der Waals surface area (Å²) in [7, 11) is 0. The standard InChI is InChI=1S/C22H27N3O/c26-22(19-9-7-17(8-10-19)20-5-3-12-23-16-20)24-13-15-25-14-11-18-4-1-2-6-21(18)25/h1-2,4,6-10,20,23H,3,5,11-16H2,(H,24,26)/t20-/m1/s1. The van der Waals surface area contributed by atoms with Gasteiger partial charge in [-0.25, -0.2) is 0 Å². The minimum atomic E-state index is 0.0193. The number of carbonyl (C=O) groups is 1. The second-order valence-corrected chi connectivity index (χ2v) is 7.29. The van der Waals surface area contributed by atoms with Gasteiger partial charge in [-0.15, -0.1) is 0 Å². The highest BCUT2D eigenvalue weighted by Gasteiger charge is 2.18. The Balaban J connectivity index is 1.28. The van der Waals surface area contributed by atoms with Crippen LogP contribution >= 0.6 is 0 Å². The molecule has 26 heavy (non-hydrogen) atoms. The Morgan fingerprint density at radius 3 is 2.81 bits per heavy atom. The van der Waals surface area contributed by atoms with Crippen LogP contribution in [0.3, 0.4) is 0 Å². The van der Waals surface area contributed by atoms with Crippen LogP contribution in [0.1, 0.15) is 40.2 Å². The maximum Gasteiger partial charge on any atom is 0.251 e. The quantitative estimate of drug-likeness (QED) is 0.872. The van der Waals surface area contributed by atoms with Crippen LogP contribution in [0.4, 0.5) is 5.69 Å². The van der Waals surface area contributed by atoms with Crippen LogP contribution in [-0.2, 0) is 6.42 Å². The first-order valence-corrected chi connectivity index (χ1v) is 9.73. The van der Waals surface area contributed by atoms with Crippen LogP contribution in [0.5, 0.6) is 0 Å². The van der Waals surface area contributed by atoms with Crippen molar-refractivity contribution in [2.24, 2.45) is 0 Å². The van der Waals surface area contributed by atoms with Gasteiger partial charge in [0.1, 0.15) is 0 Å². The van der Waals surface area contributed by atoms with E-state index in [4.69, 9.17) is 0 Å². The molecule has 4 nitrogen and oxygen atoms in total. The lowest BCUT2D eigenvalue weighted by molar-refractivity contribution is 0.0954. The molecule has 0 radical (unpaired) electrons. The Hall–Kier alpha value is -2.33. The third-order valence-electron chi connectivity index (χ3n) is 5.59. The summed E-state index contributed by atoms with van der Waals surface area (Å²) in [6.07, 6.45) is 3.56. The molecule has 2 aromatic rings. The smallest absolute Gasteiger partial charge is 0.251 e. The van der Waals surface area contributed by atoms with E-state index >= 15 is 0 Å². The highest BCUT2D eigenvalue weighted by molar-refractivity contribution is 5.94. The molecule has 0 unspecified atom stereocenters. The number of rotatable bonds is 5. The van der Waals surface area contributed by atoms with E-state index in [1.807, 2.05) is 12.1 Å². The number of amides is 1. The van der Waals surface area contributed by atoms with Crippen molar-refractivity contribution in [1.29, 1.82) is 0 Å². The summed E-state index contributed by atoms with van der Waals surface area (Å²) < 4.78 is 0. The number of carbonyl (C=O) groups excluding carboxylic acids is 1. The third kappa shape index (κ3) is 3.75. The number of nitrogens with zero attached hydrogens (tertiary/aromatic N) is 1. The number of anilines is 1. The monoisotopic (exact) mass is 349 g/mol. The first kappa shape index (κ1) is 17.1. The Kier molecular flexibility index (Phi) is 5.21. The molecule has 1 atom stereocenters. The highest BCUT2D eigenvalue weighted by Crippen LogP contribution is 2.26. The number of piperidine rings is 1. The molecule has 0 bridgehead atoms. The van der Waals surface area contributed by atoms with Crippen molar-refractivity contribution >= 4 is 11.6 Å². The maximum atomic E-state index is 12.4. The van der Waals surface area contributed by atoms with Gasteiger partial charge in [-0.1, -0.05) is 30.3 Å². The van der Waals surface area contributed by atoms with Gasteiger partial charge in [0.25, 0.3) is 5.91 Å². The van der Waals surface area contributed by atoms with Crippen molar-refractivity contribution in [3.63, 3.8) is 0 Å². The topological polar surface area (TPSA) is 44.4 Å². The average Bonchev–Trinajstić information content (AvgIpc) is 3.12. The molecule has 2 aliphatic heterocycles. The molecule has 1 fully saturated rings. The predicted molar refractivity (Wildman–Crippen MR) is 106 cm³/mol. The normalized spacial score (nSPS) is 19.2. The van der Waals surface area contributed by atoms with Gasteiger partial charge in [0.2, 0.25) is 0 Å². The van der Waals surface area contributed by atoms with Crippen molar-refractivity contribution in [2.75, 3.05) is 37.6 Å². The van der Waals surface area contributed by atoms with Crippen molar-refractivity contribution < 1.29 is 4.79 Å². The van der Waals surface area contributed by atoms with Gasteiger partial charge in [0, 0.05) is 37.4 Å². The Labute approximate surface area is 155 Å². The molecule has 136 valence electrons. The molecule has 0 spiro atoms. The van der Waals surface area contributed by atoms with Gasteiger partial charge >= 0.3 is 0 Å². The average molecular weight is 349 g/mol. The molecule has 0 aromatic heterocycles. The molecular weight excluding hydrogens is 322 g/mol. The minimum Gasteiger partial charge on any atom is -0.369 e. The third-order valence-corrected chi connectivity index (χ3v) is 5.59. The molecule has 2 aromatic carbocycles. The summed E-state index contributed by atoms with van der Waals surface area (Å²) >= 11 is 0.